The summed E-state index contributed by atoms with van der Waals surface area (Å²) in [5.74, 6) is 0.0548. The summed E-state index contributed by atoms with van der Waals surface area (Å²) in [6.45, 7) is 2.07. The second-order valence-electron chi connectivity index (χ2n) is 4.53. The summed E-state index contributed by atoms with van der Waals surface area (Å²) in [5.41, 5.74) is 2.72. The number of amides is 1. The van der Waals surface area contributed by atoms with Crippen LogP contribution in [0.15, 0.2) is 34.8 Å². The molecule has 0 radical (unpaired) electrons. The highest BCUT2D eigenvalue weighted by Crippen LogP contribution is 2.38. The highest BCUT2D eigenvalue weighted by atomic mass is 79.9. The Morgan fingerprint density at radius 2 is 2.05 bits per heavy atom. The molecule has 0 unspecified atom stereocenters. The van der Waals surface area contributed by atoms with Gasteiger partial charge in [-0.15, -0.1) is 11.3 Å². The lowest BCUT2D eigenvalue weighted by molar-refractivity contribution is -0.112. The quantitative estimate of drug-likeness (QED) is 0.711. The van der Waals surface area contributed by atoms with E-state index in [0.29, 0.717) is 0 Å². The van der Waals surface area contributed by atoms with E-state index in [2.05, 4.69) is 35.0 Å². The molecule has 0 saturated heterocycles. The molecule has 19 heavy (non-hydrogen) atoms. The number of carbonyl (C=O) groups excluding carboxylic acids is 1. The molecule has 0 aliphatic carbocycles. The average molecular weight is 334 g/mol. The summed E-state index contributed by atoms with van der Waals surface area (Å²) >= 11 is 5.17. The summed E-state index contributed by atoms with van der Waals surface area (Å²) in [6.07, 6.45) is 1.98. The fourth-order valence-electron chi connectivity index (χ4n) is 2.23. The number of fused-ring (bicyclic) bond motifs is 1. The number of benzene rings is 1. The van der Waals surface area contributed by atoms with Crippen LogP contribution in [-0.2, 0) is 4.79 Å². The minimum absolute atomic E-state index is 0.0548. The first-order valence-electron chi connectivity index (χ1n) is 5.92. The highest BCUT2D eigenvalue weighted by Gasteiger charge is 2.29. The molecule has 96 valence electrons. The lowest BCUT2D eigenvalue weighted by Gasteiger charge is -2.08. The maximum absolute atomic E-state index is 12.3. The van der Waals surface area contributed by atoms with Gasteiger partial charge in [0.05, 0.1) is 11.3 Å². The second-order valence-corrected chi connectivity index (χ2v) is 6.77. The van der Waals surface area contributed by atoms with Crippen LogP contribution in [0.5, 0.6) is 0 Å². The van der Waals surface area contributed by atoms with Crippen molar-refractivity contribution in [2.24, 2.45) is 0 Å². The van der Waals surface area contributed by atoms with E-state index in [1.54, 1.807) is 16.2 Å². The molecule has 1 aliphatic heterocycles. The topological polar surface area (TPSA) is 20.3 Å². The van der Waals surface area contributed by atoms with Gasteiger partial charge >= 0.3 is 0 Å². The molecule has 2 nitrogen and oxygen atoms in total. The van der Waals surface area contributed by atoms with Crippen LogP contribution in [0.1, 0.15) is 15.3 Å². The van der Waals surface area contributed by atoms with E-state index in [9.17, 15) is 4.79 Å². The van der Waals surface area contributed by atoms with Gasteiger partial charge in [-0.3, -0.25) is 4.79 Å². The SMILES string of the molecule is Cc1ccc(/C=C2\C(=O)N(C)c3ccc(Br)cc32)s1. The Morgan fingerprint density at radius 1 is 1.26 bits per heavy atom. The van der Waals surface area contributed by atoms with E-state index in [1.165, 1.54) is 4.88 Å². The second kappa shape index (κ2) is 4.62. The minimum atomic E-state index is 0.0548. The van der Waals surface area contributed by atoms with Crippen LogP contribution in [-0.4, -0.2) is 13.0 Å². The van der Waals surface area contributed by atoms with Gasteiger partial charge in [0.15, 0.2) is 0 Å². The first kappa shape index (κ1) is 12.6. The van der Waals surface area contributed by atoms with Crippen molar-refractivity contribution in [2.75, 3.05) is 11.9 Å². The molecule has 1 aliphatic rings. The fourth-order valence-corrected chi connectivity index (χ4v) is 3.42. The maximum atomic E-state index is 12.3. The van der Waals surface area contributed by atoms with Gasteiger partial charge in [0.25, 0.3) is 5.91 Å². The predicted molar refractivity (Wildman–Crippen MR) is 84.5 cm³/mol. The Bertz CT molecular complexity index is 702. The Hall–Kier alpha value is -1.39. The van der Waals surface area contributed by atoms with Crippen molar-refractivity contribution >= 4 is 50.5 Å². The molecule has 0 saturated carbocycles. The van der Waals surface area contributed by atoms with Crippen molar-refractivity contribution in [1.29, 1.82) is 0 Å². The molecule has 3 rings (SSSR count). The van der Waals surface area contributed by atoms with Gasteiger partial charge in [0.1, 0.15) is 0 Å². The van der Waals surface area contributed by atoms with Crippen molar-refractivity contribution in [2.45, 2.75) is 6.92 Å². The van der Waals surface area contributed by atoms with Crippen molar-refractivity contribution in [3.8, 4) is 0 Å². The molecule has 0 bridgehead atoms. The molecular formula is C15H12BrNOS. The average Bonchev–Trinajstić information content (AvgIpc) is 2.88. The molecule has 0 fully saturated rings. The third-order valence-electron chi connectivity index (χ3n) is 3.19. The number of hydrogen-bond donors (Lipinski definition) is 0. The van der Waals surface area contributed by atoms with E-state index in [1.807, 2.05) is 31.3 Å². The fraction of sp³-hybridized carbons (Fsp3) is 0.133. The van der Waals surface area contributed by atoms with Crippen molar-refractivity contribution < 1.29 is 4.79 Å². The summed E-state index contributed by atoms with van der Waals surface area (Å²) in [7, 11) is 1.82. The van der Waals surface area contributed by atoms with Crippen LogP contribution in [0.3, 0.4) is 0 Å². The number of carbonyl (C=O) groups is 1. The van der Waals surface area contributed by atoms with Crippen LogP contribution in [0.25, 0.3) is 11.6 Å². The highest BCUT2D eigenvalue weighted by molar-refractivity contribution is 9.10. The predicted octanol–water partition coefficient (Wildman–Crippen LogP) is 4.34. The molecule has 0 spiro atoms. The Kier molecular flexibility index (Phi) is 3.07. The number of aryl methyl sites for hydroxylation is 1. The third kappa shape index (κ3) is 2.15. The van der Waals surface area contributed by atoms with E-state index >= 15 is 0 Å². The number of nitrogens with zero attached hydrogens (tertiary/aromatic N) is 1. The van der Waals surface area contributed by atoms with Gasteiger partial charge in [0.2, 0.25) is 0 Å². The standard InChI is InChI=1S/C15H12BrNOS/c1-9-3-5-11(19-9)8-13-12-7-10(16)4-6-14(12)17(2)15(13)18/h3-8H,1-2H3/b13-8-. The largest absolute Gasteiger partial charge is 0.311 e. The first-order valence-corrected chi connectivity index (χ1v) is 7.53. The molecule has 0 N–H and O–H groups in total. The molecule has 1 amide bonds. The van der Waals surface area contributed by atoms with Gasteiger partial charge in [-0.2, -0.15) is 0 Å². The molecule has 1 aromatic heterocycles. The number of rotatable bonds is 1. The molecule has 2 aromatic rings. The van der Waals surface area contributed by atoms with Gasteiger partial charge in [0, 0.05) is 26.8 Å². The zero-order chi connectivity index (χ0) is 13.6. The summed E-state index contributed by atoms with van der Waals surface area (Å²) in [5, 5.41) is 0. The van der Waals surface area contributed by atoms with Crippen LogP contribution in [0.2, 0.25) is 0 Å². The molecule has 1 aromatic carbocycles. The zero-order valence-electron chi connectivity index (χ0n) is 10.6. The van der Waals surface area contributed by atoms with Gasteiger partial charge in [-0.25, -0.2) is 0 Å². The van der Waals surface area contributed by atoms with Crippen molar-refractivity contribution in [1.82, 2.24) is 0 Å². The zero-order valence-corrected chi connectivity index (χ0v) is 13.0. The number of halogens is 1. The summed E-state index contributed by atoms with van der Waals surface area (Å²) in [6, 6.07) is 10.1. The van der Waals surface area contributed by atoms with Crippen molar-refractivity contribution in [3.63, 3.8) is 0 Å². The van der Waals surface area contributed by atoms with E-state index in [4.69, 9.17) is 0 Å². The molecular weight excluding hydrogens is 322 g/mol. The minimum Gasteiger partial charge on any atom is -0.311 e. The number of likely N-dealkylation sites (N-methyl/N-ethyl adjacent to an activating group) is 1. The maximum Gasteiger partial charge on any atom is 0.258 e. The Labute approximate surface area is 124 Å². The van der Waals surface area contributed by atoms with Gasteiger partial charge in [-0.05, 0) is 43.3 Å². The Balaban J connectivity index is 2.15. The lowest BCUT2D eigenvalue weighted by atomic mass is 10.1. The third-order valence-corrected chi connectivity index (χ3v) is 4.63. The molecule has 4 heteroatoms. The van der Waals surface area contributed by atoms with Crippen LogP contribution in [0.4, 0.5) is 5.69 Å². The van der Waals surface area contributed by atoms with E-state index < -0.39 is 0 Å². The van der Waals surface area contributed by atoms with E-state index in [0.717, 1.165) is 26.2 Å². The van der Waals surface area contributed by atoms with Crippen LogP contribution in [0, 0.1) is 6.92 Å². The van der Waals surface area contributed by atoms with Crippen LogP contribution >= 0.6 is 27.3 Å². The van der Waals surface area contributed by atoms with Crippen LogP contribution < -0.4 is 4.90 Å². The Morgan fingerprint density at radius 3 is 2.74 bits per heavy atom. The molecule has 2 heterocycles. The summed E-state index contributed by atoms with van der Waals surface area (Å²) < 4.78 is 0.989. The monoisotopic (exact) mass is 333 g/mol. The van der Waals surface area contributed by atoms with Gasteiger partial charge in [-0.1, -0.05) is 15.9 Å². The lowest BCUT2D eigenvalue weighted by Crippen LogP contribution is -2.20. The normalized spacial score (nSPS) is 16.3. The number of hydrogen-bond acceptors (Lipinski definition) is 2. The smallest absolute Gasteiger partial charge is 0.258 e. The van der Waals surface area contributed by atoms with E-state index in [-0.39, 0.29) is 5.91 Å². The summed E-state index contributed by atoms with van der Waals surface area (Å²) in [4.78, 5) is 16.4. The molecule has 0 atom stereocenters. The first-order chi connectivity index (χ1) is 9.06. The number of anilines is 1. The number of thiophene rings is 1. The van der Waals surface area contributed by atoms with Crippen molar-refractivity contribution in [3.05, 3.63) is 50.1 Å². The van der Waals surface area contributed by atoms with Gasteiger partial charge < -0.3 is 4.90 Å².